The highest BCUT2D eigenvalue weighted by Crippen LogP contribution is 2.52. The summed E-state index contributed by atoms with van der Waals surface area (Å²) in [6.07, 6.45) is 0. The molecule has 1 aliphatic rings. The predicted octanol–water partition coefficient (Wildman–Crippen LogP) is 13.5. The number of hydrogen-bond acceptors (Lipinski definition) is 4. The molecule has 0 saturated heterocycles. The van der Waals surface area contributed by atoms with Gasteiger partial charge >= 0.3 is 0 Å². The van der Waals surface area contributed by atoms with Gasteiger partial charge in [0.2, 0.25) is 0 Å². The molecule has 0 N–H and O–H groups in total. The quantitative estimate of drug-likeness (QED) is 0.177. The molecule has 8 aromatic carbocycles. The lowest BCUT2D eigenvalue weighted by Crippen LogP contribution is -2.11. The van der Waals surface area contributed by atoms with Crippen LogP contribution in [-0.4, -0.2) is 0 Å². The maximum absolute atomic E-state index is 2.38. The van der Waals surface area contributed by atoms with Gasteiger partial charge in [0.25, 0.3) is 0 Å². The van der Waals surface area contributed by atoms with Crippen molar-refractivity contribution in [1.29, 1.82) is 0 Å². The minimum absolute atomic E-state index is 1.14. The van der Waals surface area contributed by atoms with Crippen LogP contribution in [0.15, 0.2) is 202 Å². The molecule has 8 aromatic rings. The smallest absolute Gasteiger partial charge is 0.0540 e. The van der Waals surface area contributed by atoms with Crippen molar-refractivity contribution in [2.45, 2.75) is 19.6 Å². The van der Waals surface area contributed by atoms with Crippen LogP contribution >= 0.6 is 23.5 Å². The molecule has 1 aliphatic heterocycles. The van der Waals surface area contributed by atoms with Gasteiger partial charge in [0.15, 0.2) is 0 Å². The van der Waals surface area contributed by atoms with Crippen LogP contribution in [0.2, 0.25) is 0 Å². The summed E-state index contributed by atoms with van der Waals surface area (Å²) in [7, 11) is 0. The molecule has 0 saturated carbocycles. The molecule has 1 heterocycles. The molecule has 0 bridgehead atoms. The molecule has 4 heteroatoms. The molecule has 0 aliphatic carbocycles. The van der Waals surface area contributed by atoms with Crippen molar-refractivity contribution in [3.8, 4) is 0 Å². The second kappa shape index (κ2) is 12.3. The molecule has 0 amide bonds. The average molecular weight is 651 g/mol. The predicted molar refractivity (Wildman–Crippen MR) is 206 cm³/mol. The van der Waals surface area contributed by atoms with Gasteiger partial charge in [0.1, 0.15) is 0 Å². The summed E-state index contributed by atoms with van der Waals surface area (Å²) in [5, 5.41) is 4.93. The van der Waals surface area contributed by atoms with Crippen molar-refractivity contribution in [1.82, 2.24) is 0 Å². The number of hydrogen-bond donors (Lipinski definition) is 0. The Kier molecular flexibility index (Phi) is 7.38. The van der Waals surface area contributed by atoms with Crippen LogP contribution < -0.4 is 9.80 Å². The lowest BCUT2D eigenvalue weighted by Gasteiger charge is -2.29. The Hall–Kier alpha value is -5.42. The fourth-order valence-corrected chi connectivity index (χ4v) is 8.91. The molecule has 9 rings (SSSR count). The van der Waals surface area contributed by atoms with Crippen molar-refractivity contribution < 1.29 is 0 Å². The lowest BCUT2D eigenvalue weighted by molar-refractivity contribution is 1.13. The first-order valence-electron chi connectivity index (χ1n) is 16.1. The van der Waals surface area contributed by atoms with E-state index in [-0.39, 0.29) is 0 Å². The molecule has 0 atom stereocenters. The summed E-state index contributed by atoms with van der Waals surface area (Å²) in [4.78, 5) is 9.86. The van der Waals surface area contributed by atoms with Gasteiger partial charge in [-0.3, -0.25) is 0 Å². The Morgan fingerprint density at radius 2 is 0.688 bits per heavy atom. The van der Waals surface area contributed by atoms with Crippen LogP contribution in [0.1, 0.15) is 0 Å². The lowest BCUT2D eigenvalue weighted by atomic mass is 10.1. The summed E-state index contributed by atoms with van der Waals surface area (Å²) < 4.78 is 0. The van der Waals surface area contributed by atoms with E-state index < -0.39 is 0 Å². The maximum Gasteiger partial charge on any atom is 0.0540 e. The van der Waals surface area contributed by atoms with E-state index >= 15 is 0 Å². The molecule has 0 spiro atoms. The summed E-state index contributed by atoms with van der Waals surface area (Å²) in [6.45, 7) is 0. The van der Waals surface area contributed by atoms with E-state index in [1.807, 2.05) is 23.5 Å². The van der Waals surface area contributed by atoms with Crippen LogP contribution in [0.3, 0.4) is 0 Å². The number of nitrogens with zero attached hydrogens (tertiary/aromatic N) is 2. The fraction of sp³-hybridized carbons (Fsp3) is 0. The van der Waals surface area contributed by atoms with Gasteiger partial charge in [0, 0.05) is 53.1 Å². The topological polar surface area (TPSA) is 6.48 Å². The standard InChI is InChI=1S/C44H30N2S2/c1-3-17-33(18-4-1)45(39-23-11-15-31-13-7-9-21-37(31)39)35-25-27-41-43(29-35)47-42-28-26-36(30-44(42)48-41)46(34-19-5-2-6-20-34)40-24-12-16-32-14-8-10-22-38(32)40/h1-30H. The van der Waals surface area contributed by atoms with Crippen molar-refractivity contribution in [2.75, 3.05) is 9.80 Å². The second-order valence-electron chi connectivity index (χ2n) is 11.8. The van der Waals surface area contributed by atoms with Gasteiger partial charge in [-0.1, -0.05) is 133 Å². The van der Waals surface area contributed by atoms with Crippen LogP contribution in [0, 0.1) is 0 Å². The van der Waals surface area contributed by atoms with Crippen LogP contribution in [-0.2, 0) is 0 Å². The van der Waals surface area contributed by atoms with Crippen molar-refractivity contribution in [3.63, 3.8) is 0 Å². The van der Waals surface area contributed by atoms with Crippen molar-refractivity contribution in [2.24, 2.45) is 0 Å². The second-order valence-corrected chi connectivity index (χ2v) is 14.0. The minimum atomic E-state index is 1.14. The van der Waals surface area contributed by atoms with Crippen LogP contribution in [0.5, 0.6) is 0 Å². The molecule has 228 valence electrons. The van der Waals surface area contributed by atoms with E-state index in [1.54, 1.807) is 0 Å². The van der Waals surface area contributed by atoms with E-state index in [9.17, 15) is 0 Å². The van der Waals surface area contributed by atoms with Crippen LogP contribution in [0.4, 0.5) is 34.1 Å². The first-order chi connectivity index (χ1) is 23.8. The normalized spacial score (nSPS) is 12.0. The number of benzene rings is 8. The summed E-state index contributed by atoms with van der Waals surface area (Å²) in [5.74, 6) is 0. The molecule has 0 aromatic heterocycles. The molecule has 48 heavy (non-hydrogen) atoms. The number of rotatable bonds is 6. The average Bonchev–Trinajstić information content (AvgIpc) is 3.15. The van der Waals surface area contributed by atoms with E-state index in [1.165, 1.54) is 52.5 Å². The highest BCUT2D eigenvalue weighted by molar-refractivity contribution is 8.05. The third-order valence-corrected chi connectivity index (χ3v) is 11.4. The molecular formula is C44H30N2S2. The van der Waals surface area contributed by atoms with Gasteiger partial charge < -0.3 is 9.80 Å². The van der Waals surface area contributed by atoms with Crippen molar-refractivity contribution >= 4 is 79.2 Å². The Morgan fingerprint density at radius 3 is 1.15 bits per heavy atom. The Balaban J connectivity index is 1.11. The van der Waals surface area contributed by atoms with E-state index in [0.717, 1.165) is 22.7 Å². The largest absolute Gasteiger partial charge is 0.310 e. The van der Waals surface area contributed by atoms with Crippen molar-refractivity contribution in [3.05, 3.63) is 182 Å². The fourth-order valence-electron chi connectivity index (χ4n) is 6.65. The highest BCUT2D eigenvalue weighted by Gasteiger charge is 2.23. The van der Waals surface area contributed by atoms with E-state index in [0.29, 0.717) is 0 Å². The Bertz CT molecular complexity index is 2240. The highest BCUT2D eigenvalue weighted by atomic mass is 32.2. The molecule has 0 fully saturated rings. The number of anilines is 6. The Labute approximate surface area is 289 Å². The van der Waals surface area contributed by atoms with Gasteiger partial charge in [-0.05, 0) is 83.6 Å². The van der Waals surface area contributed by atoms with Gasteiger partial charge in [-0.25, -0.2) is 0 Å². The van der Waals surface area contributed by atoms with Gasteiger partial charge in [-0.2, -0.15) is 0 Å². The summed E-state index contributed by atoms with van der Waals surface area (Å²) >= 11 is 3.71. The zero-order chi connectivity index (χ0) is 31.9. The summed E-state index contributed by atoms with van der Waals surface area (Å²) in [5.41, 5.74) is 6.93. The molecule has 0 radical (unpaired) electrons. The Morgan fingerprint density at radius 1 is 0.292 bits per heavy atom. The van der Waals surface area contributed by atoms with Crippen LogP contribution in [0.25, 0.3) is 21.5 Å². The van der Waals surface area contributed by atoms with Gasteiger partial charge in [0.05, 0.1) is 11.4 Å². The van der Waals surface area contributed by atoms with E-state index in [2.05, 4.69) is 192 Å². The third kappa shape index (κ3) is 5.20. The molecule has 0 unspecified atom stereocenters. The molecular weight excluding hydrogens is 621 g/mol. The number of fused-ring (bicyclic) bond motifs is 4. The number of para-hydroxylation sites is 2. The summed E-state index contributed by atoms with van der Waals surface area (Å²) in [6, 6.07) is 65.6. The first-order valence-corrected chi connectivity index (χ1v) is 17.7. The maximum atomic E-state index is 2.38. The zero-order valence-electron chi connectivity index (χ0n) is 26.0. The monoisotopic (exact) mass is 650 g/mol. The van der Waals surface area contributed by atoms with E-state index in [4.69, 9.17) is 0 Å². The first kappa shape index (κ1) is 28.8. The zero-order valence-corrected chi connectivity index (χ0v) is 27.7. The SMILES string of the molecule is c1ccc(N(c2ccc3c(c2)Sc2ccc(N(c4ccccc4)c4cccc5ccccc45)cc2S3)c2cccc3ccccc23)cc1. The molecule has 2 nitrogen and oxygen atoms in total. The minimum Gasteiger partial charge on any atom is -0.310 e. The van der Waals surface area contributed by atoms with Gasteiger partial charge in [-0.15, -0.1) is 0 Å². The third-order valence-electron chi connectivity index (χ3n) is 8.85.